The van der Waals surface area contributed by atoms with Gasteiger partial charge in [0.1, 0.15) is 0 Å². The molecule has 6 heteroatoms. The van der Waals surface area contributed by atoms with Gasteiger partial charge >= 0.3 is 5.97 Å². The zero-order valence-electron chi connectivity index (χ0n) is 11.9. The first-order valence-electron chi connectivity index (χ1n) is 6.79. The fourth-order valence-electron chi connectivity index (χ4n) is 1.95. The molecule has 0 fully saturated rings. The number of allylic oxidation sites excluding steroid dienone is 1. The highest BCUT2D eigenvalue weighted by Crippen LogP contribution is 2.09. The molecule has 0 saturated heterocycles. The third-order valence-corrected chi connectivity index (χ3v) is 4.43. The van der Waals surface area contributed by atoms with Gasteiger partial charge in [0.25, 0.3) is 0 Å². The van der Waals surface area contributed by atoms with Crippen LogP contribution >= 0.6 is 0 Å². The number of aliphatic carboxylic acids is 1. The van der Waals surface area contributed by atoms with Crippen molar-refractivity contribution in [3.8, 4) is 0 Å². The Morgan fingerprint density at radius 2 is 2.00 bits per heavy atom. The topological polar surface area (TPSA) is 83.5 Å². The first-order chi connectivity index (χ1) is 9.93. The van der Waals surface area contributed by atoms with Gasteiger partial charge in [0, 0.05) is 12.5 Å². The molecule has 1 unspecified atom stereocenters. The average Bonchev–Trinajstić information content (AvgIpc) is 2.43. The zero-order valence-corrected chi connectivity index (χ0v) is 12.7. The quantitative estimate of drug-likeness (QED) is 0.647. The summed E-state index contributed by atoms with van der Waals surface area (Å²) in [5.41, 5.74) is 0.972. The van der Waals surface area contributed by atoms with E-state index in [0.29, 0.717) is 12.8 Å². The van der Waals surface area contributed by atoms with Crippen molar-refractivity contribution in [1.29, 1.82) is 0 Å². The summed E-state index contributed by atoms with van der Waals surface area (Å²) < 4.78 is 26.4. The Bertz CT molecular complexity index is 554. The number of carbonyl (C=O) groups is 1. The van der Waals surface area contributed by atoms with Crippen LogP contribution in [0.3, 0.4) is 0 Å². The monoisotopic (exact) mass is 311 g/mol. The molecular weight excluding hydrogens is 290 g/mol. The molecule has 2 N–H and O–H groups in total. The van der Waals surface area contributed by atoms with E-state index in [4.69, 9.17) is 5.11 Å². The van der Waals surface area contributed by atoms with Crippen LogP contribution in [0.5, 0.6) is 0 Å². The molecule has 0 aliphatic carbocycles. The maximum absolute atomic E-state index is 11.9. The Morgan fingerprint density at radius 1 is 1.33 bits per heavy atom. The number of carboxylic acid groups (broad SMARTS) is 1. The minimum atomic E-state index is -3.43. The Morgan fingerprint density at radius 3 is 2.57 bits per heavy atom. The minimum absolute atomic E-state index is 0.0329. The summed E-state index contributed by atoms with van der Waals surface area (Å²) in [6.07, 6.45) is 2.58. The van der Waals surface area contributed by atoms with Crippen molar-refractivity contribution < 1.29 is 18.3 Å². The lowest BCUT2D eigenvalue weighted by Crippen LogP contribution is -2.38. The normalized spacial score (nSPS) is 12.8. The largest absolute Gasteiger partial charge is 0.481 e. The lowest BCUT2D eigenvalue weighted by Gasteiger charge is -2.18. The molecule has 1 rings (SSSR count). The van der Waals surface area contributed by atoms with E-state index in [1.165, 1.54) is 0 Å². The summed E-state index contributed by atoms with van der Waals surface area (Å²) in [5, 5.41) is 8.78. The molecule has 0 aliphatic heterocycles. The van der Waals surface area contributed by atoms with Gasteiger partial charge in [-0.25, -0.2) is 13.1 Å². The lowest BCUT2D eigenvalue weighted by atomic mass is 10.0. The van der Waals surface area contributed by atoms with E-state index in [0.717, 1.165) is 5.56 Å². The average molecular weight is 311 g/mol. The van der Waals surface area contributed by atoms with Crippen LogP contribution in [0, 0.1) is 0 Å². The highest BCUT2D eigenvalue weighted by molar-refractivity contribution is 7.89. The number of hydrogen-bond donors (Lipinski definition) is 2. The van der Waals surface area contributed by atoms with Gasteiger partial charge in [-0.05, 0) is 24.8 Å². The molecule has 5 nitrogen and oxygen atoms in total. The molecule has 1 atom stereocenters. The summed E-state index contributed by atoms with van der Waals surface area (Å²) in [5.74, 6) is -0.965. The van der Waals surface area contributed by atoms with E-state index in [2.05, 4.69) is 11.3 Å². The number of hydrogen-bond acceptors (Lipinski definition) is 3. The standard InChI is InChI=1S/C15H21NO4S/c1-2-3-11-21(19,20)16-14(9-10-15(17)18)12-13-7-5-4-6-8-13/h2,4-8,14,16H,1,3,9-12H2,(H,17,18). The molecular formula is C15H21NO4S. The van der Waals surface area contributed by atoms with E-state index in [1.54, 1.807) is 6.08 Å². The van der Waals surface area contributed by atoms with E-state index in [-0.39, 0.29) is 18.6 Å². The summed E-state index contributed by atoms with van der Waals surface area (Å²) in [7, 11) is -3.43. The van der Waals surface area contributed by atoms with Crippen molar-refractivity contribution in [2.75, 3.05) is 5.75 Å². The molecule has 0 radical (unpaired) electrons. The van der Waals surface area contributed by atoms with Gasteiger partial charge in [-0.15, -0.1) is 6.58 Å². The molecule has 0 heterocycles. The van der Waals surface area contributed by atoms with Crippen LogP contribution < -0.4 is 4.72 Å². The SMILES string of the molecule is C=CCCS(=O)(=O)NC(CCC(=O)O)Cc1ccccc1. The van der Waals surface area contributed by atoms with Gasteiger partial charge in [-0.1, -0.05) is 36.4 Å². The van der Waals surface area contributed by atoms with Gasteiger partial charge < -0.3 is 5.11 Å². The van der Waals surface area contributed by atoms with E-state index >= 15 is 0 Å². The van der Waals surface area contributed by atoms with Gasteiger partial charge in [-0.3, -0.25) is 4.79 Å². The smallest absolute Gasteiger partial charge is 0.303 e. The molecule has 0 aromatic heterocycles. The second-order valence-corrected chi connectivity index (χ2v) is 6.71. The van der Waals surface area contributed by atoms with Crippen molar-refractivity contribution in [3.63, 3.8) is 0 Å². The number of carboxylic acids is 1. The Balaban J connectivity index is 2.72. The first-order valence-corrected chi connectivity index (χ1v) is 8.45. The third kappa shape index (κ3) is 7.63. The van der Waals surface area contributed by atoms with E-state index in [9.17, 15) is 13.2 Å². The number of benzene rings is 1. The molecule has 1 aromatic rings. The summed E-state index contributed by atoms with van der Waals surface area (Å²) >= 11 is 0. The van der Waals surface area contributed by atoms with Crippen molar-refractivity contribution in [2.24, 2.45) is 0 Å². The maximum Gasteiger partial charge on any atom is 0.303 e. The molecule has 116 valence electrons. The van der Waals surface area contributed by atoms with Gasteiger partial charge in [0.05, 0.1) is 5.75 Å². The molecule has 0 amide bonds. The van der Waals surface area contributed by atoms with Crippen LogP contribution in [0.1, 0.15) is 24.8 Å². The van der Waals surface area contributed by atoms with Crippen molar-refractivity contribution >= 4 is 16.0 Å². The third-order valence-electron chi connectivity index (χ3n) is 2.97. The fourth-order valence-corrected chi connectivity index (χ4v) is 3.25. The Labute approximate surface area is 125 Å². The van der Waals surface area contributed by atoms with Gasteiger partial charge in [0.15, 0.2) is 0 Å². The van der Waals surface area contributed by atoms with Crippen LogP contribution in [0.25, 0.3) is 0 Å². The summed E-state index contributed by atoms with van der Waals surface area (Å²) in [6.45, 7) is 3.50. The van der Waals surface area contributed by atoms with E-state index in [1.807, 2.05) is 30.3 Å². The molecule has 0 saturated carbocycles. The minimum Gasteiger partial charge on any atom is -0.481 e. The number of nitrogens with one attached hydrogen (secondary N) is 1. The van der Waals surface area contributed by atoms with Crippen LogP contribution in [0.4, 0.5) is 0 Å². The molecule has 0 bridgehead atoms. The Hall–Kier alpha value is -1.66. The number of rotatable bonds is 10. The molecule has 21 heavy (non-hydrogen) atoms. The second-order valence-electron chi connectivity index (χ2n) is 4.83. The van der Waals surface area contributed by atoms with Crippen molar-refractivity contribution in [3.05, 3.63) is 48.6 Å². The zero-order chi connectivity index (χ0) is 15.7. The molecule has 1 aromatic carbocycles. The Kier molecular flexibility index (Phi) is 7.11. The number of sulfonamides is 1. The highest BCUT2D eigenvalue weighted by atomic mass is 32.2. The lowest BCUT2D eigenvalue weighted by molar-refractivity contribution is -0.137. The van der Waals surface area contributed by atoms with Gasteiger partial charge in [0.2, 0.25) is 10.0 Å². The predicted molar refractivity (Wildman–Crippen MR) is 82.5 cm³/mol. The summed E-state index contributed by atoms with van der Waals surface area (Å²) in [6, 6.07) is 8.99. The van der Waals surface area contributed by atoms with E-state index < -0.39 is 22.0 Å². The predicted octanol–water partition coefficient (Wildman–Crippen LogP) is 1.96. The van der Waals surface area contributed by atoms with Crippen LogP contribution in [-0.4, -0.2) is 31.3 Å². The van der Waals surface area contributed by atoms with Crippen LogP contribution in [0.2, 0.25) is 0 Å². The van der Waals surface area contributed by atoms with Crippen LogP contribution in [-0.2, 0) is 21.2 Å². The second kappa shape index (κ2) is 8.59. The summed E-state index contributed by atoms with van der Waals surface area (Å²) in [4.78, 5) is 10.7. The fraction of sp³-hybridized carbons (Fsp3) is 0.400. The van der Waals surface area contributed by atoms with Gasteiger partial charge in [-0.2, -0.15) is 0 Å². The van der Waals surface area contributed by atoms with Crippen molar-refractivity contribution in [1.82, 2.24) is 4.72 Å². The van der Waals surface area contributed by atoms with Crippen molar-refractivity contribution in [2.45, 2.75) is 31.7 Å². The molecule has 0 spiro atoms. The molecule has 0 aliphatic rings. The van der Waals surface area contributed by atoms with Crippen LogP contribution in [0.15, 0.2) is 43.0 Å². The maximum atomic E-state index is 11.9. The highest BCUT2D eigenvalue weighted by Gasteiger charge is 2.18. The first kappa shape index (κ1) is 17.4.